The summed E-state index contributed by atoms with van der Waals surface area (Å²) < 4.78 is 2.70. The van der Waals surface area contributed by atoms with Crippen molar-refractivity contribution in [3.8, 4) is 0 Å². The van der Waals surface area contributed by atoms with Gasteiger partial charge >= 0.3 is 0 Å². The molecule has 6 rings (SSSR count). The van der Waals surface area contributed by atoms with Crippen molar-refractivity contribution in [3.05, 3.63) is 132 Å². The smallest absolute Gasteiger partial charge is 0.135 e. The third-order valence-electron chi connectivity index (χ3n) is 6.48. The van der Waals surface area contributed by atoms with Gasteiger partial charge in [-0.05, 0) is 38.9 Å². The molecule has 0 nitrogen and oxygen atoms in total. The molecule has 0 fully saturated rings. The zero-order chi connectivity index (χ0) is 22.3. The molecule has 1 heterocycles. The van der Waals surface area contributed by atoms with Crippen LogP contribution in [0, 0.1) is 0 Å². The molecule has 0 radical (unpaired) electrons. The molecule has 0 spiro atoms. The van der Waals surface area contributed by atoms with Gasteiger partial charge in [0.25, 0.3) is 0 Å². The summed E-state index contributed by atoms with van der Waals surface area (Å²) in [6.45, 7) is 0. The lowest BCUT2D eigenvalue weighted by Crippen LogP contribution is -2.74. The SMILES string of the molecule is Clc1cccc([Si](c2ccccc2)(c2ccccc2)c2cccc3c2sc2ccccc23)c1. The summed E-state index contributed by atoms with van der Waals surface area (Å²) in [6.07, 6.45) is 0. The fourth-order valence-electron chi connectivity index (χ4n) is 5.11. The van der Waals surface area contributed by atoms with Crippen molar-refractivity contribution in [2.45, 2.75) is 0 Å². The van der Waals surface area contributed by atoms with Crippen molar-refractivity contribution < 1.29 is 0 Å². The highest BCUT2D eigenvalue weighted by molar-refractivity contribution is 7.30. The predicted octanol–water partition coefficient (Wildman–Crippen LogP) is 6.09. The lowest BCUT2D eigenvalue weighted by atomic mass is 10.1. The maximum Gasteiger partial charge on any atom is 0.181 e. The van der Waals surface area contributed by atoms with Crippen LogP contribution in [0.1, 0.15) is 0 Å². The van der Waals surface area contributed by atoms with Crippen LogP contribution in [0.2, 0.25) is 5.02 Å². The van der Waals surface area contributed by atoms with E-state index in [2.05, 4.69) is 121 Å². The summed E-state index contributed by atoms with van der Waals surface area (Å²) in [5, 5.41) is 8.89. The highest BCUT2D eigenvalue weighted by atomic mass is 35.5. The van der Waals surface area contributed by atoms with Crippen molar-refractivity contribution in [2.75, 3.05) is 0 Å². The molecule has 0 aliphatic heterocycles. The largest absolute Gasteiger partial charge is 0.181 e. The highest BCUT2D eigenvalue weighted by Gasteiger charge is 2.43. The first-order valence-electron chi connectivity index (χ1n) is 11.1. The quantitative estimate of drug-likeness (QED) is 0.213. The topological polar surface area (TPSA) is 0 Å². The predicted molar refractivity (Wildman–Crippen MR) is 148 cm³/mol. The van der Waals surface area contributed by atoms with E-state index in [-0.39, 0.29) is 0 Å². The summed E-state index contributed by atoms with van der Waals surface area (Å²) in [5.74, 6) is 0. The van der Waals surface area contributed by atoms with Crippen LogP contribution in [0.15, 0.2) is 127 Å². The van der Waals surface area contributed by atoms with E-state index in [4.69, 9.17) is 11.6 Å². The molecule has 158 valence electrons. The average Bonchev–Trinajstić information content (AvgIpc) is 3.26. The van der Waals surface area contributed by atoms with Crippen LogP contribution < -0.4 is 20.7 Å². The molecule has 33 heavy (non-hydrogen) atoms. The molecule has 0 bridgehead atoms. The van der Waals surface area contributed by atoms with Crippen molar-refractivity contribution in [3.63, 3.8) is 0 Å². The molecular weight excluding hydrogens is 456 g/mol. The van der Waals surface area contributed by atoms with E-state index in [0.717, 1.165) is 5.02 Å². The van der Waals surface area contributed by atoms with Crippen LogP contribution in [-0.4, -0.2) is 8.07 Å². The third kappa shape index (κ3) is 3.26. The first-order valence-corrected chi connectivity index (χ1v) is 14.3. The van der Waals surface area contributed by atoms with Crippen LogP contribution in [-0.2, 0) is 0 Å². The minimum absolute atomic E-state index is 0.778. The third-order valence-corrected chi connectivity index (χ3v) is 12.9. The zero-order valence-electron chi connectivity index (χ0n) is 17.9. The molecule has 0 atom stereocenters. The molecule has 6 aromatic rings. The Hall–Kier alpha value is -3.17. The fraction of sp³-hybridized carbons (Fsp3) is 0. The second-order valence-electron chi connectivity index (χ2n) is 8.27. The molecule has 1 aromatic heterocycles. The molecule has 0 aliphatic carbocycles. The Labute approximate surface area is 203 Å². The number of rotatable bonds is 4. The van der Waals surface area contributed by atoms with Crippen molar-refractivity contribution >= 4 is 71.9 Å². The van der Waals surface area contributed by atoms with E-state index in [1.807, 2.05) is 17.4 Å². The van der Waals surface area contributed by atoms with E-state index in [1.165, 1.54) is 40.9 Å². The number of hydrogen-bond acceptors (Lipinski definition) is 1. The summed E-state index contributed by atoms with van der Waals surface area (Å²) in [4.78, 5) is 0. The van der Waals surface area contributed by atoms with E-state index in [9.17, 15) is 0 Å². The number of thiophene rings is 1. The van der Waals surface area contributed by atoms with E-state index < -0.39 is 8.07 Å². The van der Waals surface area contributed by atoms with Crippen LogP contribution in [0.3, 0.4) is 0 Å². The number of fused-ring (bicyclic) bond motifs is 3. The normalized spacial score (nSPS) is 11.8. The number of benzene rings is 5. The van der Waals surface area contributed by atoms with Gasteiger partial charge in [-0.3, -0.25) is 0 Å². The molecule has 0 unspecified atom stereocenters. The molecule has 0 aliphatic rings. The first-order chi connectivity index (χ1) is 16.3. The van der Waals surface area contributed by atoms with Gasteiger partial charge in [0.2, 0.25) is 0 Å². The molecule has 0 saturated heterocycles. The van der Waals surface area contributed by atoms with Crippen LogP contribution >= 0.6 is 22.9 Å². The Balaban J connectivity index is 1.83. The van der Waals surface area contributed by atoms with E-state index >= 15 is 0 Å². The van der Waals surface area contributed by atoms with Crippen molar-refractivity contribution in [1.29, 1.82) is 0 Å². The maximum absolute atomic E-state index is 6.62. The van der Waals surface area contributed by atoms with Gasteiger partial charge in [0.05, 0.1) is 0 Å². The highest BCUT2D eigenvalue weighted by Crippen LogP contribution is 2.33. The molecule has 5 aromatic carbocycles. The minimum Gasteiger partial charge on any atom is -0.135 e. The minimum atomic E-state index is -2.63. The molecule has 0 amide bonds. The van der Waals surface area contributed by atoms with Gasteiger partial charge in [-0.1, -0.05) is 121 Å². The Morgan fingerprint density at radius 3 is 1.79 bits per heavy atom. The molecular formula is C30H21ClSSi. The lowest BCUT2D eigenvalue weighted by Gasteiger charge is -2.34. The first kappa shape index (κ1) is 20.4. The van der Waals surface area contributed by atoms with Crippen LogP contribution in [0.25, 0.3) is 20.2 Å². The second-order valence-corrected chi connectivity index (χ2v) is 13.5. The Morgan fingerprint density at radius 2 is 1.09 bits per heavy atom. The van der Waals surface area contributed by atoms with Crippen molar-refractivity contribution in [2.24, 2.45) is 0 Å². The molecule has 0 saturated carbocycles. The summed E-state index contributed by atoms with van der Waals surface area (Å²) in [6, 6.07) is 46.2. The van der Waals surface area contributed by atoms with Crippen LogP contribution in [0.5, 0.6) is 0 Å². The summed E-state index contributed by atoms with van der Waals surface area (Å²) >= 11 is 8.53. The van der Waals surface area contributed by atoms with Gasteiger partial charge in [-0.15, -0.1) is 11.3 Å². The number of hydrogen-bond donors (Lipinski definition) is 0. The number of halogens is 1. The fourth-order valence-corrected chi connectivity index (χ4v) is 12.0. The van der Waals surface area contributed by atoms with Gasteiger partial charge in [0.15, 0.2) is 8.07 Å². The lowest BCUT2D eigenvalue weighted by molar-refractivity contribution is 1.68. The van der Waals surface area contributed by atoms with Crippen molar-refractivity contribution in [1.82, 2.24) is 0 Å². The van der Waals surface area contributed by atoms with E-state index in [1.54, 1.807) is 0 Å². The Kier molecular flexibility index (Phi) is 5.15. The van der Waals surface area contributed by atoms with Gasteiger partial charge < -0.3 is 0 Å². The average molecular weight is 477 g/mol. The monoisotopic (exact) mass is 476 g/mol. The summed E-state index contributed by atoms with van der Waals surface area (Å²) in [5.41, 5.74) is 0. The summed E-state index contributed by atoms with van der Waals surface area (Å²) in [7, 11) is -2.63. The van der Waals surface area contributed by atoms with Gasteiger partial charge in [0.1, 0.15) is 0 Å². The van der Waals surface area contributed by atoms with Crippen LogP contribution in [0.4, 0.5) is 0 Å². The van der Waals surface area contributed by atoms with E-state index in [0.29, 0.717) is 0 Å². The van der Waals surface area contributed by atoms with Gasteiger partial charge in [-0.2, -0.15) is 0 Å². The van der Waals surface area contributed by atoms with Gasteiger partial charge in [0, 0.05) is 25.2 Å². The second kappa shape index (κ2) is 8.31. The van der Waals surface area contributed by atoms with Gasteiger partial charge in [-0.25, -0.2) is 0 Å². The zero-order valence-corrected chi connectivity index (χ0v) is 20.5. The standard InChI is InChI=1S/C30H21ClSSi/c31-22-11-9-16-25(21-22)33(23-12-3-1-4-13-23,24-14-5-2-6-15-24)29-20-10-18-27-26-17-7-8-19-28(26)32-30(27)29/h1-21H. The Bertz CT molecular complexity index is 1530. The maximum atomic E-state index is 6.62. The Morgan fingerprint density at radius 1 is 0.515 bits per heavy atom. The molecule has 0 N–H and O–H groups in total. The molecule has 3 heteroatoms.